The van der Waals surface area contributed by atoms with E-state index in [2.05, 4.69) is 4.98 Å². The number of hydrogen-bond acceptors (Lipinski definition) is 6. The number of carboxylic acids is 1. The Morgan fingerprint density at radius 3 is 2.76 bits per heavy atom. The number of aryl methyl sites for hydroxylation is 1. The number of methoxy groups -OCH3 is 1. The Balaban J connectivity index is 2.13. The van der Waals surface area contributed by atoms with E-state index in [4.69, 9.17) is 20.8 Å². The molecule has 29 heavy (non-hydrogen) atoms. The first kappa shape index (κ1) is 20.2. The van der Waals surface area contributed by atoms with Crippen LogP contribution in [0.5, 0.6) is 5.75 Å². The first-order valence-electron chi connectivity index (χ1n) is 8.48. The first-order valence-corrected chi connectivity index (χ1v) is 8.86. The number of carboxylic acid groups (broad SMARTS) is 1. The predicted octanol–water partition coefficient (Wildman–Crippen LogP) is 3.21. The number of nitriles is 1. The van der Waals surface area contributed by atoms with E-state index in [0.29, 0.717) is 33.3 Å². The number of oxazole rings is 1. The van der Waals surface area contributed by atoms with E-state index in [-0.39, 0.29) is 12.2 Å². The maximum absolute atomic E-state index is 12.8. The lowest BCUT2D eigenvalue weighted by Crippen LogP contribution is -2.31. The van der Waals surface area contributed by atoms with Crippen LogP contribution in [0.25, 0.3) is 11.1 Å². The Hall–Kier alpha value is -3.57. The zero-order valence-corrected chi connectivity index (χ0v) is 16.3. The smallest absolute Gasteiger partial charge is 0.327 e. The number of carbonyl (C=O) groups is 1. The van der Waals surface area contributed by atoms with Gasteiger partial charge in [0.1, 0.15) is 18.1 Å². The number of nitrogens with zero attached hydrogens (tertiary/aromatic N) is 3. The molecule has 2 heterocycles. The van der Waals surface area contributed by atoms with Gasteiger partial charge >= 0.3 is 5.97 Å². The molecule has 8 nitrogen and oxygen atoms in total. The summed E-state index contributed by atoms with van der Waals surface area (Å²) in [6.45, 7) is 1.64. The average Bonchev–Trinajstić information content (AvgIpc) is 3.11. The van der Waals surface area contributed by atoms with Crippen molar-refractivity contribution in [3.8, 4) is 22.9 Å². The number of ether oxygens (including phenoxy) is 1. The molecule has 3 rings (SSSR count). The predicted molar refractivity (Wildman–Crippen MR) is 104 cm³/mol. The third kappa shape index (κ3) is 4.15. The van der Waals surface area contributed by atoms with Crippen LogP contribution >= 0.6 is 11.6 Å². The Bertz CT molecular complexity index is 1180. The summed E-state index contributed by atoms with van der Waals surface area (Å²) >= 11 is 6.05. The molecule has 0 aliphatic rings. The molecule has 1 unspecified atom stereocenters. The van der Waals surface area contributed by atoms with Crippen molar-refractivity contribution in [2.45, 2.75) is 19.4 Å². The van der Waals surface area contributed by atoms with Gasteiger partial charge < -0.3 is 14.3 Å². The third-order valence-corrected chi connectivity index (χ3v) is 4.58. The fourth-order valence-electron chi connectivity index (χ4n) is 2.99. The number of hydrogen-bond donors (Lipinski definition) is 1. The monoisotopic (exact) mass is 413 g/mol. The summed E-state index contributed by atoms with van der Waals surface area (Å²) in [5, 5.41) is 19.4. The molecular formula is C20H16ClN3O5. The summed E-state index contributed by atoms with van der Waals surface area (Å²) in [6.07, 6.45) is 2.62. The van der Waals surface area contributed by atoms with Crippen LogP contribution in [-0.4, -0.2) is 27.7 Å². The highest BCUT2D eigenvalue weighted by Crippen LogP contribution is 2.33. The molecule has 1 N–H and O–H groups in total. The summed E-state index contributed by atoms with van der Waals surface area (Å²) in [7, 11) is 1.39. The summed E-state index contributed by atoms with van der Waals surface area (Å²) in [5.74, 6) is -0.580. The molecule has 0 radical (unpaired) electrons. The van der Waals surface area contributed by atoms with Gasteiger partial charge in [0.25, 0.3) is 5.56 Å². The largest absolute Gasteiger partial charge is 0.495 e. The fraction of sp³-hybridized carbons (Fsp3) is 0.200. The first-order chi connectivity index (χ1) is 13.8. The van der Waals surface area contributed by atoms with E-state index >= 15 is 0 Å². The van der Waals surface area contributed by atoms with Crippen LogP contribution in [0.1, 0.15) is 23.2 Å². The lowest BCUT2D eigenvalue weighted by atomic mass is 10.00. The maximum atomic E-state index is 12.8. The van der Waals surface area contributed by atoms with Crippen LogP contribution in [0.15, 0.2) is 45.9 Å². The second kappa shape index (κ2) is 8.20. The van der Waals surface area contributed by atoms with E-state index in [1.165, 1.54) is 31.7 Å². The molecule has 0 bridgehead atoms. The quantitative estimate of drug-likeness (QED) is 0.658. The molecule has 3 aromatic rings. The zero-order valence-electron chi connectivity index (χ0n) is 15.5. The number of pyridine rings is 1. The Labute approximate surface area is 170 Å². The lowest BCUT2D eigenvalue weighted by molar-refractivity contribution is -0.141. The minimum absolute atomic E-state index is 0.0459. The van der Waals surface area contributed by atoms with Crippen LogP contribution in [0.3, 0.4) is 0 Å². The molecule has 1 atom stereocenters. The SMILES string of the molecule is COc1cn(C(Cc2coc(C)n2)C(=O)O)c(=O)cc1-c1cc(Cl)ccc1C#N. The summed E-state index contributed by atoms with van der Waals surface area (Å²) in [5.41, 5.74) is 0.899. The molecule has 0 amide bonds. The van der Waals surface area contributed by atoms with Crippen LogP contribution in [0, 0.1) is 18.3 Å². The van der Waals surface area contributed by atoms with Gasteiger partial charge in [-0.2, -0.15) is 5.26 Å². The Morgan fingerprint density at radius 1 is 1.41 bits per heavy atom. The van der Waals surface area contributed by atoms with Crippen molar-refractivity contribution in [1.29, 1.82) is 5.26 Å². The van der Waals surface area contributed by atoms with Gasteiger partial charge in [0.05, 0.1) is 30.6 Å². The number of rotatable bonds is 6. The minimum atomic E-state index is -1.22. The molecule has 9 heteroatoms. The van der Waals surface area contributed by atoms with Crippen molar-refractivity contribution in [3.63, 3.8) is 0 Å². The van der Waals surface area contributed by atoms with Crippen molar-refractivity contribution in [1.82, 2.24) is 9.55 Å². The van der Waals surface area contributed by atoms with Gasteiger partial charge in [-0.25, -0.2) is 9.78 Å². The van der Waals surface area contributed by atoms with Crippen LogP contribution < -0.4 is 10.3 Å². The van der Waals surface area contributed by atoms with Gasteiger partial charge in [0.15, 0.2) is 5.89 Å². The van der Waals surface area contributed by atoms with Crippen molar-refractivity contribution < 1.29 is 19.1 Å². The molecule has 2 aromatic heterocycles. The van der Waals surface area contributed by atoms with Crippen molar-refractivity contribution in [2.24, 2.45) is 0 Å². The van der Waals surface area contributed by atoms with E-state index in [1.54, 1.807) is 19.1 Å². The van der Waals surface area contributed by atoms with Crippen molar-refractivity contribution in [2.75, 3.05) is 7.11 Å². The highest BCUT2D eigenvalue weighted by molar-refractivity contribution is 6.31. The molecular weight excluding hydrogens is 398 g/mol. The highest BCUT2D eigenvalue weighted by atomic mass is 35.5. The van der Waals surface area contributed by atoms with Crippen LogP contribution in [0.4, 0.5) is 0 Å². The molecule has 0 aliphatic heterocycles. The van der Waals surface area contributed by atoms with E-state index in [0.717, 1.165) is 4.57 Å². The van der Waals surface area contributed by atoms with Crippen molar-refractivity contribution in [3.05, 3.63) is 69.3 Å². The number of aliphatic carboxylic acids is 1. The number of aromatic nitrogens is 2. The maximum Gasteiger partial charge on any atom is 0.327 e. The molecule has 1 aromatic carbocycles. The topological polar surface area (TPSA) is 118 Å². The van der Waals surface area contributed by atoms with E-state index < -0.39 is 17.6 Å². The zero-order chi connectivity index (χ0) is 21.1. The molecule has 0 spiro atoms. The number of halogens is 1. The van der Waals surface area contributed by atoms with E-state index in [9.17, 15) is 20.0 Å². The van der Waals surface area contributed by atoms with Gasteiger partial charge in [0, 0.05) is 35.6 Å². The summed E-state index contributed by atoms with van der Waals surface area (Å²) < 4.78 is 11.6. The second-order valence-corrected chi connectivity index (χ2v) is 6.66. The van der Waals surface area contributed by atoms with Crippen LogP contribution in [-0.2, 0) is 11.2 Å². The molecule has 0 saturated heterocycles. The standard InChI is InChI=1S/C20H16ClN3O5/c1-11-23-14(10-29-11)6-17(20(26)27)24-9-18(28-2)16(7-19(24)25)15-5-13(21)4-3-12(15)8-22/h3-5,7,9-10,17H,6H2,1-2H3,(H,26,27). The second-order valence-electron chi connectivity index (χ2n) is 6.22. The highest BCUT2D eigenvalue weighted by Gasteiger charge is 2.25. The van der Waals surface area contributed by atoms with Gasteiger partial charge in [-0.15, -0.1) is 0 Å². The fourth-order valence-corrected chi connectivity index (χ4v) is 3.16. The molecule has 0 aliphatic carbocycles. The van der Waals surface area contributed by atoms with Crippen LogP contribution in [0.2, 0.25) is 5.02 Å². The Morgan fingerprint density at radius 2 is 2.17 bits per heavy atom. The molecule has 148 valence electrons. The normalized spacial score (nSPS) is 11.7. The van der Waals surface area contributed by atoms with Gasteiger partial charge in [-0.1, -0.05) is 11.6 Å². The van der Waals surface area contributed by atoms with E-state index in [1.807, 2.05) is 6.07 Å². The minimum Gasteiger partial charge on any atom is -0.495 e. The van der Waals surface area contributed by atoms with Crippen molar-refractivity contribution >= 4 is 17.6 Å². The van der Waals surface area contributed by atoms with Gasteiger partial charge in [-0.3, -0.25) is 9.36 Å². The summed E-state index contributed by atoms with van der Waals surface area (Å²) in [4.78, 5) is 28.7. The van der Waals surface area contributed by atoms with Gasteiger partial charge in [-0.05, 0) is 18.2 Å². The van der Waals surface area contributed by atoms with Gasteiger partial charge in [0.2, 0.25) is 0 Å². The molecule has 0 fully saturated rings. The third-order valence-electron chi connectivity index (χ3n) is 4.35. The summed E-state index contributed by atoms with van der Waals surface area (Å²) in [6, 6.07) is 6.72. The lowest BCUT2D eigenvalue weighted by Gasteiger charge is -2.18. The number of benzene rings is 1. The molecule has 0 saturated carbocycles. The Kier molecular flexibility index (Phi) is 5.71. The average molecular weight is 414 g/mol.